The molecule has 0 amide bonds. The van der Waals surface area contributed by atoms with Crippen LogP contribution in [0.1, 0.15) is 12.0 Å². The molecule has 1 rings (SSSR count). The quantitative estimate of drug-likeness (QED) is 0.767. The highest BCUT2D eigenvalue weighted by atomic mass is 79.9. The first-order valence-corrected chi connectivity index (χ1v) is 7.62. The summed E-state index contributed by atoms with van der Waals surface area (Å²) in [6, 6.07) is 6.32. The van der Waals surface area contributed by atoms with Crippen molar-refractivity contribution < 1.29 is 8.42 Å². The Hall–Kier alpha value is -0.940. The van der Waals surface area contributed by atoms with Crippen LogP contribution in [0.4, 0.5) is 0 Å². The molecule has 18 heavy (non-hydrogen) atoms. The molecular weight excluding hydrogens is 318 g/mol. The smallest absolute Gasteiger partial charge is 0.240 e. The lowest BCUT2D eigenvalue weighted by molar-refractivity contribution is 0.577. The minimum Gasteiger partial charge on any atom is -0.320 e. The van der Waals surface area contributed by atoms with Crippen molar-refractivity contribution in [2.24, 2.45) is 0 Å². The maximum atomic E-state index is 12.0. The van der Waals surface area contributed by atoms with Crippen molar-refractivity contribution in [3.63, 3.8) is 0 Å². The Kier molecular flexibility index (Phi) is 5.75. The molecule has 5 nitrogen and oxygen atoms in total. The second-order valence-corrected chi connectivity index (χ2v) is 6.32. The number of nitriles is 1. The molecule has 0 saturated carbocycles. The molecule has 0 aromatic heterocycles. The predicted molar refractivity (Wildman–Crippen MR) is 72.6 cm³/mol. The molecule has 0 aliphatic rings. The van der Waals surface area contributed by atoms with Crippen molar-refractivity contribution in [3.8, 4) is 6.07 Å². The third-order valence-electron chi connectivity index (χ3n) is 2.21. The van der Waals surface area contributed by atoms with Crippen molar-refractivity contribution in [3.05, 3.63) is 28.2 Å². The van der Waals surface area contributed by atoms with Crippen molar-refractivity contribution in [2.75, 3.05) is 20.1 Å². The fraction of sp³-hybridized carbons (Fsp3) is 0.364. The Bertz CT molecular complexity index is 552. The molecule has 0 atom stereocenters. The maximum absolute atomic E-state index is 12.0. The van der Waals surface area contributed by atoms with Gasteiger partial charge in [-0.1, -0.05) is 15.9 Å². The lowest BCUT2D eigenvalue weighted by Gasteiger charge is -2.07. The van der Waals surface area contributed by atoms with E-state index < -0.39 is 10.0 Å². The summed E-state index contributed by atoms with van der Waals surface area (Å²) < 4.78 is 27.0. The van der Waals surface area contributed by atoms with Gasteiger partial charge in [0.05, 0.1) is 16.5 Å². The van der Waals surface area contributed by atoms with Crippen LogP contribution in [0.5, 0.6) is 0 Å². The molecule has 0 fully saturated rings. The number of nitrogens with one attached hydrogen (secondary N) is 2. The third kappa shape index (κ3) is 4.38. The number of rotatable bonds is 6. The van der Waals surface area contributed by atoms with E-state index in [1.54, 1.807) is 6.07 Å². The summed E-state index contributed by atoms with van der Waals surface area (Å²) in [5, 5.41) is 11.7. The second-order valence-electron chi connectivity index (χ2n) is 3.64. The zero-order valence-corrected chi connectivity index (χ0v) is 12.3. The van der Waals surface area contributed by atoms with Gasteiger partial charge in [0, 0.05) is 11.0 Å². The van der Waals surface area contributed by atoms with Gasteiger partial charge >= 0.3 is 0 Å². The van der Waals surface area contributed by atoms with Crippen LogP contribution in [0, 0.1) is 11.3 Å². The first kappa shape index (κ1) is 15.1. The van der Waals surface area contributed by atoms with Gasteiger partial charge in [-0.3, -0.25) is 0 Å². The molecule has 0 saturated heterocycles. The van der Waals surface area contributed by atoms with Crippen molar-refractivity contribution in [2.45, 2.75) is 11.3 Å². The van der Waals surface area contributed by atoms with E-state index in [4.69, 9.17) is 5.26 Å². The molecule has 0 heterocycles. The van der Waals surface area contributed by atoms with Crippen molar-refractivity contribution >= 4 is 26.0 Å². The summed E-state index contributed by atoms with van der Waals surface area (Å²) in [6.45, 7) is 1.10. The van der Waals surface area contributed by atoms with Crippen LogP contribution in [0.25, 0.3) is 0 Å². The first-order valence-electron chi connectivity index (χ1n) is 5.34. The van der Waals surface area contributed by atoms with Gasteiger partial charge in [0.2, 0.25) is 10.0 Å². The van der Waals surface area contributed by atoms with Gasteiger partial charge in [-0.05, 0) is 38.2 Å². The molecule has 7 heteroatoms. The van der Waals surface area contributed by atoms with Gasteiger partial charge in [0.1, 0.15) is 0 Å². The fourth-order valence-electron chi connectivity index (χ4n) is 1.34. The van der Waals surface area contributed by atoms with Crippen LogP contribution in [-0.2, 0) is 10.0 Å². The molecule has 0 spiro atoms. The van der Waals surface area contributed by atoms with Gasteiger partial charge < -0.3 is 5.32 Å². The zero-order chi connectivity index (χ0) is 13.6. The Morgan fingerprint density at radius 2 is 2.06 bits per heavy atom. The predicted octanol–water partition coefficient (Wildman–Crippen LogP) is 1.21. The maximum Gasteiger partial charge on any atom is 0.240 e. The lowest BCUT2D eigenvalue weighted by Crippen LogP contribution is -2.26. The number of nitrogens with zero attached hydrogens (tertiary/aromatic N) is 1. The van der Waals surface area contributed by atoms with E-state index in [1.807, 2.05) is 13.1 Å². The summed E-state index contributed by atoms with van der Waals surface area (Å²) >= 11 is 3.19. The van der Waals surface area contributed by atoms with Crippen LogP contribution in [0.3, 0.4) is 0 Å². The molecule has 0 aliphatic carbocycles. The van der Waals surface area contributed by atoms with Crippen molar-refractivity contribution in [1.82, 2.24) is 10.0 Å². The summed E-state index contributed by atoms with van der Waals surface area (Å²) in [5.74, 6) is 0. The molecule has 98 valence electrons. The van der Waals surface area contributed by atoms with E-state index in [0.29, 0.717) is 23.0 Å². The van der Waals surface area contributed by atoms with E-state index in [9.17, 15) is 8.42 Å². The monoisotopic (exact) mass is 331 g/mol. The highest BCUT2D eigenvalue weighted by molar-refractivity contribution is 9.10. The Morgan fingerprint density at radius 3 is 2.67 bits per heavy atom. The van der Waals surface area contributed by atoms with E-state index in [-0.39, 0.29) is 4.90 Å². The molecule has 0 radical (unpaired) electrons. The van der Waals surface area contributed by atoms with E-state index in [1.165, 1.54) is 12.1 Å². The molecule has 1 aromatic rings. The van der Waals surface area contributed by atoms with E-state index in [2.05, 4.69) is 26.0 Å². The Balaban J connectivity index is 2.85. The second kappa shape index (κ2) is 6.85. The third-order valence-corrected chi connectivity index (χ3v) is 4.10. The van der Waals surface area contributed by atoms with Crippen LogP contribution in [0.2, 0.25) is 0 Å². The summed E-state index contributed by atoms with van der Waals surface area (Å²) in [7, 11) is -1.75. The number of halogens is 1. The standard InChI is InChI=1S/C11H14BrN3O2S/c1-14-3-2-4-15-18(16,17)11-6-9(8-13)5-10(12)7-11/h5-7,14-15H,2-4H2,1H3. The Labute approximate surface area is 115 Å². The van der Waals surface area contributed by atoms with Crippen molar-refractivity contribution in [1.29, 1.82) is 5.26 Å². The highest BCUT2D eigenvalue weighted by Gasteiger charge is 2.14. The van der Waals surface area contributed by atoms with E-state index in [0.717, 1.165) is 6.54 Å². The number of benzene rings is 1. The number of hydrogen-bond acceptors (Lipinski definition) is 4. The number of sulfonamides is 1. The normalized spacial score (nSPS) is 11.2. The first-order chi connectivity index (χ1) is 8.49. The van der Waals surface area contributed by atoms with Crippen LogP contribution in [0.15, 0.2) is 27.6 Å². The summed E-state index contributed by atoms with van der Waals surface area (Å²) in [4.78, 5) is 0.0953. The van der Waals surface area contributed by atoms with Crippen LogP contribution < -0.4 is 10.0 Å². The van der Waals surface area contributed by atoms with Gasteiger partial charge in [-0.25, -0.2) is 13.1 Å². The molecule has 0 bridgehead atoms. The Morgan fingerprint density at radius 1 is 1.33 bits per heavy atom. The average molecular weight is 332 g/mol. The van der Waals surface area contributed by atoms with Gasteiger partial charge in [0.15, 0.2) is 0 Å². The van der Waals surface area contributed by atoms with E-state index >= 15 is 0 Å². The summed E-state index contributed by atoms with van der Waals surface area (Å²) in [5.41, 5.74) is 0.306. The number of hydrogen-bond donors (Lipinski definition) is 2. The lowest BCUT2D eigenvalue weighted by atomic mass is 10.2. The zero-order valence-electron chi connectivity index (χ0n) is 9.90. The minimum absolute atomic E-state index is 0.0953. The molecule has 0 aliphatic heterocycles. The molecule has 0 unspecified atom stereocenters. The average Bonchev–Trinajstić information content (AvgIpc) is 2.34. The summed E-state index contributed by atoms with van der Waals surface area (Å²) in [6.07, 6.45) is 0.703. The van der Waals surface area contributed by atoms with Crippen LogP contribution >= 0.6 is 15.9 Å². The van der Waals surface area contributed by atoms with Gasteiger partial charge in [-0.2, -0.15) is 5.26 Å². The molecule has 1 aromatic carbocycles. The van der Waals surface area contributed by atoms with Gasteiger partial charge in [-0.15, -0.1) is 0 Å². The largest absolute Gasteiger partial charge is 0.320 e. The topological polar surface area (TPSA) is 82.0 Å². The molecule has 2 N–H and O–H groups in total. The fourth-order valence-corrected chi connectivity index (χ4v) is 3.13. The van der Waals surface area contributed by atoms with Crippen LogP contribution in [-0.4, -0.2) is 28.6 Å². The SMILES string of the molecule is CNCCCNS(=O)(=O)c1cc(Br)cc(C#N)c1. The molecular formula is C11H14BrN3O2S. The van der Waals surface area contributed by atoms with Gasteiger partial charge in [0.25, 0.3) is 0 Å². The minimum atomic E-state index is -3.55. The highest BCUT2D eigenvalue weighted by Crippen LogP contribution is 2.19.